The summed E-state index contributed by atoms with van der Waals surface area (Å²) in [5.41, 5.74) is 6.25. The van der Waals surface area contributed by atoms with Gasteiger partial charge in [0.1, 0.15) is 0 Å². The Morgan fingerprint density at radius 3 is 2.64 bits per heavy atom. The van der Waals surface area contributed by atoms with E-state index in [4.69, 9.17) is 10.8 Å². The topological polar surface area (TPSA) is 46.2 Å². The van der Waals surface area contributed by atoms with Crippen molar-refractivity contribution >= 4 is 0 Å². The second-order valence-corrected chi connectivity index (χ2v) is 4.21. The molecule has 0 heterocycles. The van der Waals surface area contributed by atoms with Gasteiger partial charge in [-0.3, -0.25) is 0 Å². The zero-order valence-corrected chi connectivity index (χ0v) is 6.92. The number of hydrogen-bond donors (Lipinski definition) is 2. The maximum Gasteiger partial charge on any atom is 0.0462 e. The van der Waals surface area contributed by atoms with Crippen LogP contribution in [-0.4, -0.2) is 17.3 Å². The van der Waals surface area contributed by atoms with E-state index in [0.717, 1.165) is 0 Å². The lowest BCUT2D eigenvalue weighted by molar-refractivity contribution is 0.174. The molecule has 0 aromatic rings. The van der Waals surface area contributed by atoms with E-state index in [0.29, 0.717) is 18.4 Å². The van der Waals surface area contributed by atoms with Crippen LogP contribution in [0.4, 0.5) is 0 Å². The van der Waals surface area contributed by atoms with Crippen LogP contribution < -0.4 is 5.73 Å². The molecule has 64 valence electrons. The van der Waals surface area contributed by atoms with Crippen LogP contribution in [0.25, 0.3) is 0 Å². The van der Waals surface area contributed by atoms with Crippen molar-refractivity contribution in [3.05, 3.63) is 0 Å². The largest absolute Gasteiger partial charge is 0.396 e. The van der Waals surface area contributed by atoms with Crippen LogP contribution in [0.5, 0.6) is 0 Å². The van der Waals surface area contributed by atoms with E-state index in [1.54, 1.807) is 0 Å². The second-order valence-electron chi connectivity index (χ2n) is 4.21. The summed E-state index contributed by atoms with van der Waals surface area (Å²) in [5.74, 6) is 1.15. The minimum absolute atomic E-state index is 0.143. The van der Waals surface area contributed by atoms with Gasteiger partial charge in [-0.1, -0.05) is 6.42 Å². The molecular weight excluding hydrogens is 138 g/mol. The second kappa shape index (κ2) is 2.46. The fourth-order valence-corrected chi connectivity index (χ4v) is 2.53. The van der Waals surface area contributed by atoms with E-state index in [1.165, 1.54) is 32.1 Å². The first kappa shape index (κ1) is 7.56. The Bertz CT molecular complexity index is 154. The predicted molar refractivity (Wildman–Crippen MR) is 44.1 cm³/mol. The van der Waals surface area contributed by atoms with E-state index in [2.05, 4.69) is 0 Å². The van der Waals surface area contributed by atoms with Crippen molar-refractivity contribution in [2.45, 2.75) is 37.6 Å². The highest BCUT2D eigenvalue weighted by molar-refractivity contribution is 5.07. The number of nitrogens with two attached hydrogens (primary N) is 1. The molecular formula is C9H17NO. The maximum absolute atomic E-state index is 9.07. The van der Waals surface area contributed by atoms with Gasteiger partial charge >= 0.3 is 0 Å². The lowest BCUT2D eigenvalue weighted by Gasteiger charge is -2.23. The zero-order chi connectivity index (χ0) is 7.90. The van der Waals surface area contributed by atoms with Crippen LogP contribution in [0.15, 0.2) is 0 Å². The molecule has 0 amide bonds. The number of aliphatic hydroxyl groups excluding tert-OH is 1. The molecule has 0 spiro atoms. The van der Waals surface area contributed by atoms with Crippen LogP contribution >= 0.6 is 0 Å². The first-order chi connectivity index (χ1) is 5.26. The van der Waals surface area contributed by atoms with Crippen LogP contribution in [-0.2, 0) is 0 Å². The van der Waals surface area contributed by atoms with Gasteiger partial charge in [-0.05, 0) is 37.5 Å². The summed E-state index contributed by atoms with van der Waals surface area (Å²) >= 11 is 0. The minimum atomic E-state index is 0.143. The lowest BCUT2D eigenvalue weighted by atomic mass is 9.88. The molecule has 2 atom stereocenters. The Balaban J connectivity index is 2.01. The molecule has 0 radical (unpaired) electrons. The smallest absolute Gasteiger partial charge is 0.0462 e. The Labute approximate surface area is 67.8 Å². The first-order valence-electron chi connectivity index (χ1n) is 4.66. The quantitative estimate of drug-likeness (QED) is 0.622. The molecule has 0 saturated heterocycles. The van der Waals surface area contributed by atoms with Crippen LogP contribution in [0, 0.1) is 11.8 Å². The van der Waals surface area contributed by atoms with E-state index in [1.807, 2.05) is 0 Å². The molecule has 2 aliphatic rings. The molecule has 2 aliphatic carbocycles. The third-order valence-corrected chi connectivity index (χ3v) is 3.46. The van der Waals surface area contributed by atoms with Gasteiger partial charge in [0, 0.05) is 12.1 Å². The van der Waals surface area contributed by atoms with Gasteiger partial charge in [-0.25, -0.2) is 0 Å². The Kier molecular flexibility index (Phi) is 1.69. The number of hydrogen-bond acceptors (Lipinski definition) is 2. The van der Waals surface area contributed by atoms with Gasteiger partial charge in [-0.15, -0.1) is 0 Å². The third-order valence-electron chi connectivity index (χ3n) is 3.46. The van der Waals surface area contributed by atoms with Crippen molar-refractivity contribution < 1.29 is 5.11 Å². The summed E-state index contributed by atoms with van der Waals surface area (Å²) in [7, 11) is 0. The molecule has 2 rings (SSSR count). The maximum atomic E-state index is 9.07. The highest BCUT2D eigenvalue weighted by atomic mass is 16.3. The van der Waals surface area contributed by atoms with Crippen molar-refractivity contribution in [3.8, 4) is 0 Å². The molecule has 0 aliphatic heterocycles. The summed E-state index contributed by atoms with van der Waals surface area (Å²) < 4.78 is 0. The first-order valence-corrected chi connectivity index (χ1v) is 4.66. The van der Waals surface area contributed by atoms with Crippen LogP contribution in [0.3, 0.4) is 0 Å². The van der Waals surface area contributed by atoms with Crippen LogP contribution in [0.2, 0.25) is 0 Å². The Hall–Kier alpha value is -0.0800. The molecule has 0 aromatic heterocycles. The van der Waals surface area contributed by atoms with Gasteiger partial charge in [0.05, 0.1) is 0 Å². The third kappa shape index (κ3) is 1.18. The van der Waals surface area contributed by atoms with Crippen molar-refractivity contribution in [2.24, 2.45) is 17.6 Å². The van der Waals surface area contributed by atoms with Gasteiger partial charge in [0.2, 0.25) is 0 Å². The summed E-state index contributed by atoms with van der Waals surface area (Å²) in [4.78, 5) is 0. The van der Waals surface area contributed by atoms with Gasteiger partial charge in [0.15, 0.2) is 0 Å². The van der Waals surface area contributed by atoms with E-state index >= 15 is 0 Å². The average molecular weight is 155 g/mol. The molecule has 2 heteroatoms. The molecule has 0 bridgehead atoms. The van der Waals surface area contributed by atoms with Crippen molar-refractivity contribution in [2.75, 3.05) is 6.61 Å². The highest BCUT2D eigenvalue weighted by Gasteiger charge is 2.49. The van der Waals surface area contributed by atoms with E-state index in [9.17, 15) is 0 Å². The van der Waals surface area contributed by atoms with Gasteiger partial charge < -0.3 is 10.8 Å². The monoisotopic (exact) mass is 155 g/mol. The van der Waals surface area contributed by atoms with Crippen molar-refractivity contribution in [3.63, 3.8) is 0 Å². The Morgan fingerprint density at radius 2 is 2.09 bits per heavy atom. The van der Waals surface area contributed by atoms with Crippen molar-refractivity contribution in [1.29, 1.82) is 0 Å². The number of rotatable bonds is 2. The molecule has 1 unspecified atom stereocenters. The standard InChI is InChI=1S/C9H17NO/c10-9(4-5-9)8-3-1-2-7(8)6-11/h7-8,11H,1-6,10H2/t7-,8?/m1/s1. The fraction of sp³-hybridized carbons (Fsp3) is 1.00. The fourth-order valence-electron chi connectivity index (χ4n) is 2.53. The summed E-state index contributed by atoms with van der Waals surface area (Å²) in [5, 5.41) is 9.07. The van der Waals surface area contributed by atoms with Crippen molar-refractivity contribution in [1.82, 2.24) is 0 Å². The molecule has 0 aromatic carbocycles. The normalized spacial score (nSPS) is 40.9. The summed E-state index contributed by atoms with van der Waals surface area (Å²) in [6, 6.07) is 0. The summed E-state index contributed by atoms with van der Waals surface area (Å²) in [6.07, 6.45) is 6.10. The number of aliphatic hydroxyl groups is 1. The molecule has 2 saturated carbocycles. The molecule has 11 heavy (non-hydrogen) atoms. The SMILES string of the molecule is NC1(C2CCC[C@@H]2CO)CC1. The van der Waals surface area contributed by atoms with Gasteiger partial charge in [0.25, 0.3) is 0 Å². The summed E-state index contributed by atoms with van der Waals surface area (Å²) in [6.45, 7) is 0.351. The highest BCUT2D eigenvalue weighted by Crippen LogP contribution is 2.49. The van der Waals surface area contributed by atoms with Gasteiger partial charge in [-0.2, -0.15) is 0 Å². The van der Waals surface area contributed by atoms with E-state index in [-0.39, 0.29) is 5.54 Å². The molecule has 3 N–H and O–H groups in total. The van der Waals surface area contributed by atoms with Crippen LogP contribution in [0.1, 0.15) is 32.1 Å². The van der Waals surface area contributed by atoms with E-state index < -0.39 is 0 Å². The Morgan fingerprint density at radius 1 is 1.36 bits per heavy atom. The minimum Gasteiger partial charge on any atom is -0.396 e. The lowest BCUT2D eigenvalue weighted by Crippen LogP contribution is -2.35. The molecule has 2 nitrogen and oxygen atoms in total. The zero-order valence-electron chi connectivity index (χ0n) is 6.92. The predicted octanol–water partition coefficient (Wildman–Crippen LogP) is 0.886. The average Bonchev–Trinajstić information content (AvgIpc) is 2.61. The molecule has 2 fully saturated rings.